The van der Waals surface area contributed by atoms with Gasteiger partial charge in [0.25, 0.3) is 0 Å². The van der Waals surface area contributed by atoms with Crippen LogP contribution in [0.15, 0.2) is 42.7 Å². The minimum absolute atomic E-state index is 0.310. The van der Waals surface area contributed by atoms with Gasteiger partial charge >= 0.3 is 0 Å². The molecule has 0 aliphatic rings. The second kappa shape index (κ2) is 6.12. The summed E-state index contributed by atoms with van der Waals surface area (Å²) in [6.45, 7) is 3.58. The molecule has 18 heavy (non-hydrogen) atoms. The first-order valence-corrected chi connectivity index (χ1v) is 5.86. The molecule has 0 aliphatic carbocycles. The average Bonchev–Trinajstić information content (AvgIpc) is 2.38. The zero-order chi connectivity index (χ0) is 12.8. The number of hydrogen-bond donors (Lipinski definition) is 1. The Morgan fingerprint density at radius 2 is 2.22 bits per heavy atom. The number of nitrogens with one attached hydrogen (secondary N) is 1. The van der Waals surface area contributed by atoms with Crippen molar-refractivity contribution in [1.29, 1.82) is 0 Å². The summed E-state index contributed by atoms with van der Waals surface area (Å²) in [4.78, 5) is 4.06. The van der Waals surface area contributed by atoms with Crippen LogP contribution in [0.4, 0.5) is 4.39 Å². The molecule has 4 heteroatoms. The van der Waals surface area contributed by atoms with E-state index in [1.165, 1.54) is 12.1 Å². The quantitative estimate of drug-likeness (QED) is 0.880. The van der Waals surface area contributed by atoms with Crippen LogP contribution in [-0.2, 0) is 6.54 Å². The Morgan fingerprint density at radius 3 is 3.00 bits per heavy atom. The third-order valence-electron chi connectivity index (χ3n) is 2.45. The van der Waals surface area contributed by atoms with Gasteiger partial charge in [-0.15, -0.1) is 0 Å². The van der Waals surface area contributed by atoms with E-state index in [0.717, 1.165) is 12.1 Å². The number of rotatable bonds is 5. The largest absolute Gasteiger partial charge is 0.457 e. The van der Waals surface area contributed by atoms with Gasteiger partial charge in [-0.25, -0.2) is 4.39 Å². The second-order valence-corrected chi connectivity index (χ2v) is 3.82. The highest BCUT2D eigenvalue weighted by atomic mass is 19.1. The van der Waals surface area contributed by atoms with Crippen molar-refractivity contribution >= 4 is 0 Å². The summed E-state index contributed by atoms with van der Waals surface area (Å²) < 4.78 is 18.7. The fourth-order valence-electron chi connectivity index (χ4n) is 1.56. The first-order chi connectivity index (χ1) is 8.79. The van der Waals surface area contributed by atoms with Crippen LogP contribution in [0.2, 0.25) is 0 Å². The highest BCUT2D eigenvalue weighted by Crippen LogP contribution is 2.24. The molecule has 3 nitrogen and oxygen atoms in total. The lowest BCUT2D eigenvalue weighted by molar-refractivity contribution is 0.467. The number of nitrogens with zero attached hydrogens (tertiary/aromatic N) is 1. The first-order valence-electron chi connectivity index (χ1n) is 5.86. The molecule has 1 aromatic carbocycles. The molecule has 0 saturated carbocycles. The molecule has 0 aliphatic heterocycles. The van der Waals surface area contributed by atoms with Crippen molar-refractivity contribution < 1.29 is 9.13 Å². The number of benzene rings is 1. The zero-order valence-corrected chi connectivity index (χ0v) is 10.2. The zero-order valence-electron chi connectivity index (χ0n) is 10.2. The lowest BCUT2D eigenvalue weighted by Gasteiger charge is -2.10. The SMILES string of the molecule is CCNCc1cnccc1Oc1cccc(F)c1. The van der Waals surface area contributed by atoms with Gasteiger partial charge in [0, 0.05) is 30.6 Å². The molecule has 0 fully saturated rings. The van der Waals surface area contributed by atoms with Crippen molar-refractivity contribution in [2.75, 3.05) is 6.54 Å². The summed E-state index contributed by atoms with van der Waals surface area (Å²) in [6, 6.07) is 7.87. The highest BCUT2D eigenvalue weighted by molar-refractivity contribution is 5.35. The fraction of sp³-hybridized carbons (Fsp3) is 0.214. The fourth-order valence-corrected chi connectivity index (χ4v) is 1.56. The van der Waals surface area contributed by atoms with E-state index < -0.39 is 0 Å². The molecule has 2 rings (SSSR count). The average molecular weight is 246 g/mol. The molecule has 1 N–H and O–H groups in total. The number of hydrogen-bond acceptors (Lipinski definition) is 3. The Labute approximate surface area is 106 Å². The Bertz CT molecular complexity index is 517. The number of ether oxygens (including phenoxy) is 1. The van der Waals surface area contributed by atoms with Crippen LogP contribution in [-0.4, -0.2) is 11.5 Å². The molecule has 0 atom stereocenters. The van der Waals surface area contributed by atoms with Gasteiger partial charge in [-0.1, -0.05) is 13.0 Å². The van der Waals surface area contributed by atoms with Gasteiger partial charge in [0.1, 0.15) is 17.3 Å². The Kier molecular flexibility index (Phi) is 4.25. The van der Waals surface area contributed by atoms with Gasteiger partial charge in [0.05, 0.1) is 0 Å². The van der Waals surface area contributed by atoms with Gasteiger partial charge in [-0.05, 0) is 24.7 Å². The summed E-state index contributed by atoms with van der Waals surface area (Å²) in [5.41, 5.74) is 0.948. The first kappa shape index (κ1) is 12.5. The van der Waals surface area contributed by atoms with Crippen molar-refractivity contribution in [1.82, 2.24) is 10.3 Å². The van der Waals surface area contributed by atoms with Crippen molar-refractivity contribution in [3.05, 3.63) is 54.1 Å². The molecule has 0 amide bonds. The van der Waals surface area contributed by atoms with Crippen LogP contribution in [0.3, 0.4) is 0 Å². The molecule has 2 aromatic rings. The summed E-state index contributed by atoms with van der Waals surface area (Å²) in [5.74, 6) is 0.866. The molecular weight excluding hydrogens is 231 g/mol. The molecule has 1 heterocycles. The lowest BCUT2D eigenvalue weighted by atomic mass is 10.2. The van der Waals surface area contributed by atoms with Gasteiger partial charge < -0.3 is 10.1 Å². The van der Waals surface area contributed by atoms with Crippen molar-refractivity contribution in [2.24, 2.45) is 0 Å². The molecular formula is C14H15FN2O. The molecule has 0 spiro atoms. The van der Waals surface area contributed by atoms with E-state index in [1.807, 2.05) is 6.92 Å². The van der Waals surface area contributed by atoms with Crippen molar-refractivity contribution in [2.45, 2.75) is 13.5 Å². The molecule has 0 bridgehead atoms. The van der Waals surface area contributed by atoms with Gasteiger partial charge in [0.15, 0.2) is 0 Å². The monoisotopic (exact) mass is 246 g/mol. The van der Waals surface area contributed by atoms with Crippen molar-refractivity contribution in [3.63, 3.8) is 0 Å². The number of aromatic nitrogens is 1. The molecule has 1 aromatic heterocycles. The van der Waals surface area contributed by atoms with Crippen LogP contribution in [0, 0.1) is 5.82 Å². The Hall–Kier alpha value is -1.94. The summed E-state index contributed by atoms with van der Waals surface area (Å²) in [5, 5.41) is 3.21. The maximum atomic E-state index is 13.1. The van der Waals surface area contributed by atoms with Crippen LogP contribution < -0.4 is 10.1 Å². The molecule has 0 saturated heterocycles. The third-order valence-corrected chi connectivity index (χ3v) is 2.45. The van der Waals surface area contributed by atoms with Crippen LogP contribution in [0.1, 0.15) is 12.5 Å². The standard InChI is InChI=1S/C14H15FN2O/c1-2-16-9-11-10-17-7-6-14(11)18-13-5-3-4-12(15)8-13/h3-8,10,16H,2,9H2,1H3. The predicted octanol–water partition coefficient (Wildman–Crippen LogP) is 3.12. The summed E-state index contributed by atoms with van der Waals surface area (Å²) >= 11 is 0. The second-order valence-electron chi connectivity index (χ2n) is 3.82. The number of halogens is 1. The maximum absolute atomic E-state index is 13.1. The Morgan fingerprint density at radius 1 is 1.33 bits per heavy atom. The van der Waals surface area contributed by atoms with E-state index in [1.54, 1.807) is 30.6 Å². The van der Waals surface area contributed by atoms with Gasteiger partial charge in [-0.2, -0.15) is 0 Å². The molecule has 0 unspecified atom stereocenters. The van der Waals surface area contributed by atoms with E-state index in [-0.39, 0.29) is 5.82 Å². The Balaban J connectivity index is 2.17. The van der Waals surface area contributed by atoms with E-state index in [4.69, 9.17) is 4.74 Å². The van der Waals surface area contributed by atoms with Crippen LogP contribution in [0.5, 0.6) is 11.5 Å². The summed E-state index contributed by atoms with van der Waals surface area (Å²) in [7, 11) is 0. The van der Waals surface area contributed by atoms with E-state index >= 15 is 0 Å². The molecule has 0 radical (unpaired) electrons. The van der Waals surface area contributed by atoms with E-state index in [0.29, 0.717) is 18.0 Å². The van der Waals surface area contributed by atoms with Crippen LogP contribution >= 0.6 is 0 Å². The minimum atomic E-state index is -0.310. The maximum Gasteiger partial charge on any atom is 0.134 e. The minimum Gasteiger partial charge on any atom is -0.457 e. The highest BCUT2D eigenvalue weighted by Gasteiger charge is 2.05. The van der Waals surface area contributed by atoms with Gasteiger partial charge in [-0.3, -0.25) is 4.98 Å². The molecule has 94 valence electrons. The number of pyridine rings is 1. The van der Waals surface area contributed by atoms with E-state index in [9.17, 15) is 4.39 Å². The predicted molar refractivity (Wildman–Crippen MR) is 68.1 cm³/mol. The lowest BCUT2D eigenvalue weighted by Crippen LogP contribution is -2.12. The summed E-state index contributed by atoms with van der Waals surface area (Å²) in [6.07, 6.45) is 3.40. The smallest absolute Gasteiger partial charge is 0.134 e. The third kappa shape index (κ3) is 3.28. The van der Waals surface area contributed by atoms with Gasteiger partial charge in [0.2, 0.25) is 0 Å². The normalized spacial score (nSPS) is 10.3. The van der Waals surface area contributed by atoms with Crippen LogP contribution in [0.25, 0.3) is 0 Å². The van der Waals surface area contributed by atoms with Crippen molar-refractivity contribution in [3.8, 4) is 11.5 Å². The topological polar surface area (TPSA) is 34.2 Å². The van der Waals surface area contributed by atoms with E-state index in [2.05, 4.69) is 10.3 Å².